The van der Waals surface area contributed by atoms with Crippen molar-refractivity contribution in [3.63, 3.8) is 0 Å². The number of aryl methyl sites for hydroxylation is 1. The highest BCUT2D eigenvalue weighted by atomic mass is 35.5. The monoisotopic (exact) mass is 492 g/mol. The van der Waals surface area contributed by atoms with Gasteiger partial charge in [-0.05, 0) is 59.7 Å². The molecule has 2 aliphatic rings. The predicted molar refractivity (Wildman–Crippen MR) is 123 cm³/mol. The average Bonchev–Trinajstić information content (AvgIpc) is 3.34. The first-order valence-electron chi connectivity index (χ1n) is 9.76. The summed E-state index contributed by atoms with van der Waals surface area (Å²) in [6.45, 7) is 0.479. The second kappa shape index (κ2) is 9.85. The lowest BCUT2D eigenvalue weighted by molar-refractivity contribution is -0.124. The van der Waals surface area contributed by atoms with Gasteiger partial charge in [0.05, 0.1) is 15.0 Å². The molecule has 7 nitrogen and oxygen atoms in total. The Bertz CT molecular complexity index is 1120. The van der Waals surface area contributed by atoms with Crippen molar-refractivity contribution < 1.29 is 23.9 Å². The molecule has 0 bridgehead atoms. The molecule has 1 saturated heterocycles. The Labute approximate surface area is 198 Å². The van der Waals surface area contributed by atoms with Gasteiger partial charge < -0.3 is 14.8 Å². The third-order valence-corrected chi connectivity index (χ3v) is 6.50. The van der Waals surface area contributed by atoms with Crippen molar-refractivity contribution in [2.24, 2.45) is 0 Å². The standard InChI is InChI=1S/C22H18Cl2N2O5S/c23-15-4-1-14(9-16(15)24)11-19-21(28)26(22(29)32-19)8-7-25-20(27)6-3-13-2-5-17-18(10-13)31-12-30-17/h1-2,4-5,9-11H,3,6-8,12H2,(H,25,27). The molecule has 32 heavy (non-hydrogen) atoms. The van der Waals surface area contributed by atoms with Crippen molar-refractivity contribution in [1.82, 2.24) is 10.2 Å². The van der Waals surface area contributed by atoms with Gasteiger partial charge in [-0.2, -0.15) is 0 Å². The maximum atomic E-state index is 12.6. The third kappa shape index (κ3) is 5.20. The highest BCUT2D eigenvalue weighted by Gasteiger charge is 2.34. The second-order valence-corrected chi connectivity index (χ2v) is 8.85. The number of thioether (sulfide) groups is 1. The third-order valence-electron chi connectivity index (χ3n) is 4.85. The van der Waals surface area contributed by atoms with E-state index in [1.807, 2.05) is 18.2 Å². The lowest BCUT2D eigenvalue weighted by Gasteiger charge is -2.13. The molecule has 0 atom stereocenters. The number of hydrogen-bond donors (Lipinski definition) is 1. The average molecular weight is 493 g/mol. The van der Waals surface area contributed by atoms with E-state index in [1.165, 1.54) is 0 Å². The summed E-state index contributed by atoms with van der Waals surface area (Å²) in [7, 11) is 0. The zero-order valence-corrected chi connectivity index (χ0v) is 19.1. The molecule has 2 aromatic carbocycles. The number of benzene rings is 2. The molecule has 0 aliphatic carbocycles. The van der Waals surface area contributed by atoms with Gasteiger partial charge in [-0.25, -0.2) is 0 Å². The largest absolute Gasteiger partial charge is 0.454 e. The molecule has 1 fully saturated rings. The van der Waals surface area contributed by atoms with E-state index < -0.39 is 5.91 Å². The van der Waals surface area contributed by atoms with Crippen LogP contribution in [-0.2, 0) is 16.0 Å². The summed E-state index contributed by atoms with van der Waals surface area (Å²) in [5.41, 5.74) is 1.63. The summed E-state index contributed by atoms with van der Waals surface area (Å²) in [5, 5.41) is 3.14. The minimum atomic E-state index is -0.402. The first kappa shape index (κ1) is 22.5. The fraction of sp³-hybridized carbons (Fsp3) is 0.227. The Morgan fingerprint density at radius 3 is 2.72 bits per heavy atom. The first-order valence-corrected chi connectivity index (χ1v) is 11.3. The van der Waals surface area contributed by atoms with Crippen molar-refractivity contribution in [2.45, 2.75) is 12.8 Å². The number of nitrogens with one attached hydrogen (secondary N) is 1. The van der Waals surface area contributed by atoms with E-state index in [-0.39, 0.29) is 37.4 Å². The van der Waals surface area contributed by atoms with Crippen LogP contribution in [0.1, 0.15) is 17.5 Å². The van der Waals surface area contributed by atoms with Crippen LogP contribution in [0.25, 0.3) is 6.08 Å². The molecule has 10 heteroatoms. The van der Waals surface area contributed by atoms with E-state index >= 15 is 0 Å². The molecule has 166 valence electrons. The Morgan fingerprint density at radius 2 is 1.91 bits per heavy atom. The minimum absolute atomic E-state index is 0.0964. The smallest absolute Gasteiger partial charge is 0.293 e. The molecular weight excluding hydrogens is 475 g/mol. The fourth-order valence-electron chi connectivity index (χ4n) is 3.20. The van der Waals surface area contributed by atoms with Crippen LogP contribution in [-0.4, -0.2) is 41.8 Å². The number of fused-ring (bicyclic) bond motifs is 1. The highest BCUT2D eigenvalue weighted by molar-refractivity contribution is 8.18. The van der Waals surface area contributed by atoms with Crippen molar-refractivity contribution in [3.05, 3.63) is 62.5 Å². The molecule has 0 spiro atoms. The summed E-state index contributed by atoms with van der Waals surface area (Å²) in [6.07, 6.45) is 2.41. The van der Waals surface area contributed by atoms with Gasteiger partial charge in [0.25, 0.3) is 11.1 Å². The highest BCUT2D eigenvalue weighted by Crippen LogP contribution is 2.34. The quantitative estimate of drug-likeness (QED) is 0.572. The number of ether oxygens (including phenoxy) is 2. The zero-order valence-electron chi connectivity index (χ0n) is 16.7. The van der Waals surface area contributed by atoms with E-state index in [0.29, 0.717) is 38.4 Å². The summed E-state index contributed by atoms with van der Waals surface area (Å²) in [6, 6.07) is 10.5. The molecule has 0 aromatic heterocycles. The molecule has 3 amide bonds. The van der Waals surface area contributed by atoms with Crippen LogP contribution < -0.4 is 14.8 Å². The van der Waals surface area contributed by atoms with Gasteiger partial charge in [0.1, 0.15) is 0 Å². The van der Waals surface area contributed by atoms with Gasteiger partial charge in [-0.1, -0.05) is 35.3 Å². The Hall–Kier alpha value is -2.68. The van der Waals surface area contributed by atoms with E-state index in [1.54, 1.807) is 24.3 Å². The van der Waals surface area contributed by atoms with Gasteiger partial charge in [0.15, 0.2) is 11.5 Å². The normalized spacial score (nSPS) is 16.2. The summed E-state index contributed by atoms with van der Waals surface area (Å²) < 4.78 is 10.6. The van der Waals surface area contributed by atoms with Crippen molar-refractivity contribution in [3.8, 4) is 11.5 Å². The molecular formula is C22H18Cl2N2O5S. The summed E-state index contributed by atoms with van der Waals surface area (Å²) in [4.78, 5) is 38.4. The number of nitrogens with zero attached hydrogens (tertiary/aromatic N) is 1. The molecule has 0 radical (unpaired) electrons. The summed E-state index contributed by atoms with van der Waals surface area (Å²) in [5.74, 6) is 0.807. The molecule has 4 rings (SSSR count). The molecule has 2 aliphatic heterocycles. The Morgan fingerprint density at radius 1 is 1.09 bits per heavy atom. The van der Waals surface area contributed by atoms with E-state index in [0.717, 1.165) is 22.2 Å². The number of carbonyl (C=O) groups excluding carboxylic acids is 3. The lowest BCUT2D eigenvalue weighted by atomic mass is 10.1. The lowest BCUT2D eigenvalue weighted by Crippen LogP contribution is -2.37. The van der Waals surface area contributed by atoms with Gasteiger partial charge in [-0.15, -0.1) is 0 Å². The van der Waals surface area contributed by atoms with Gasteiger partial charge in [0.2, 0.25) is 12.7 Å². The predicted octanol–water partition coefficient (Wildman–Crippen LogP) is 4.51. The fourth-order valence-corrected chi connectivity index (χ4v) is 4.37. The van der Waals surface area contributed by atoms with Crippen molar-refractivity contribution in [1.29, 1.82) is 0 Å². The number of imide groups is 1. The topological polar surface area (TPSA) is 84.9 Å². The van der Waals surface area contributed by atoms with E-state index in [9.17, 15) is 14.4 Å². The minimum Gasteiger partial charge on any atom is -0.454 e. The molecule has 2 heterocycles. The molecule has 0 unspecified atom stereocenters. The van der Waals surface area contributed by atoms with E-state index in [2.05, 4.69) is 5.32 Å². The van der Waals surface area contributed by atoms with Crippen molar-refractivity contribution >= 4 is 58.1 Å². The Kier molecular flexibility index (Phi) is 6.93. The number of hydrogen-bond acceptors (Lipinski definition) is 6. The first-order chi connectivity index (χ1) is 15.4. The second-order valence-electron chi connectivity index (χ2n) is 7.04. The van der Waals surface area contributed by atoms with Crippen molar-refractivity contribution in [2.75, 3.05) is 19.9 Å². The van der Waals surface area contributed by atoms with Gasteiger partial charge in [0, 0.05) is 19.5 Å². The van der Waals surface area contributed by atoms with Crippen LogP contribution in [0.15, 0.2) is 41.3 Å². The van der Waals surface area contributed by atoms with Crippen LogP contribution in [0.5, 0.6) is 11.5 Å². The van der Waals surface area contributed by atoms with Crippen LogP contribution >= 0.6 is 35.0 Å². The number of amides is 3. The number of rotatable bonds is 7. The van der Waals surface area contributed by atoms with Crippen LogP contribution in [0, 0.1) is 0 Å². The number of carbonyl (C=O) groups is 3. The van der Waals surface area contributed by atoms with Crippen LogP contribution in [0.4, 0.5) is 4.79 Å². The van der Waals surface area contributed by atoms with Crippen LogP contribution in [0.2, 0.25) is 10.0 Å². The Balaban J connectivity index is 1.25. The summed E-state index contributed by atoms with van der Waals surface area (Å²) >= 11 is 12.8. The van der Waals surface area contributed by atoms with Gasteiger partial charge >= 0.3 is 0 Å². The molecule has 0 saturated carbocycles. The molecule has 2 aromatic rings. The number of halogens is 2. The van der Waals surface area contributed by atoms with Crippen LogP contribution in [0.3, 0.4) is 0 Å². The maximum absolute atomic E-state index is 12.6. The van der Waals surface area contributed by atoms with E-state index in [4.69, 9.17) is 32.7 Å². The van der Waals surface area contributed by atoms with Gasteiger partial charge in [-0.3, -0.25) is 19.3 Å². The SMILES string of the molecule is O=C(CCc1ccc2c(c1)OCO2)NCCN1C(=O)SC(=Cc2ccc(Cl)c(Cl)c2)C1=O. The molecule has 1 N–H and O–H groups in total. The zero-order chi connectivity index (χ0) is 22.7. The maximum Gasteiger partial charge on any atom is 0.293 e.